The van der Waals surface area contributed by atoms with Gasteiger partial charge < -0.3 is 15.2 Å². The molecule has 0 aliphatic rings. The molecule has 0 aromatic heterocycles. The van der Waals surface area contributed by atoms with E-state index >= 15 is 0 Å². The molecule has 0 saturated heterocycles. The van der Waals surface area contributed by atoms with Crippen molar-refractivity contribution in [2.24, 2.45) is 0 Å². The van der Waals surface area contributed by atoms with Gasteiger partial charge in [-0.25, -0.2) is 0 Å². The molecule has 6 nitrogen and oxygen atoms in total. The van der Waals surface area contributed by atoms with Gasteiger partial charge in [-0.1, -0.05) is 6.92 Å². The molecular formula is C12H24N2O4. The molecule has 0 saturated carbocycles. The van der Waals surface area contributed by atoms with Gasteiger partial charge in [-0.05, 0) is 13.3 Å². The molecule has 0 aromatic rings. The van der Waals surface area contributed by atoms with Crippen LogP contribution in [-0.4, -0.2) is 61.3 Å². The van der Waals surface area contributed by atoms with E-state index in [1.807, 2.05) is 18.7 Å². The van der Waals surface area contributed by atoms with Gasteiger partial charge in [0.1, 0.15) is 0 Å². The number of carbonyl (C=O) groups excluding carboxylic acids is 1. The zero-order valence-electron chi connectivity index (χ0n) is 11.4. The van der Waals surface area contributed by atoms with Gasteiger partial charge in [-0.2, -0.15) is 0 Å². The zero-order valence-corrected chi connectivity index (χ0v) is 11.4. The van der Waals surface area contributed by atoms with Crippen molar-refractivity contribution in [1.29, 1.82) is 0 Å². The zero-order chi connectivity index (χ0) is 14.0. The van der Waals surface area contributed by atoms with Gasteiger partial charge >= 0.3 is 5.97 Å². The summed E-state index contributed by atoms with van der Waals surface area (Å²) < 4.78 is 4.84. The van der Waals surface area contributed by atoms with Crippen molar-refractivity contribution in [1.82, 2.24) is 10.2 Å². The van der Waals surface area contributed by atoms with Crippen LogP contribution in [0.3, 0.4) is 0 Å². The van der Waals surface area contributed by atoms with Crippen LogP contribution in [0.25, 0.3) is 0 Å². The van der Waals surface area contributed by atoms with E-state index in [-0.39, 0.29) is 24.9 Å². The van der Waals surface area contributed by atoms with E-state index in [0.717, 1.165) is 6.42 Å². The van der Waals surface area contributed by atoms with Gasteiger partial charge in [0, 0.05) is 26.2 Å². The molecule has 1 atom stereocenters. The molecule has 18 heavy (non-hydrogen) atoms. The highest BCUT2D eigenvalue weighted by Gasteiger charge is 2.16. The average molecular weight is 260 g/mol. The van der Waals surface area contributed by atoms with E-state index in [9.17, 15) is 9.59 Å². The fourth-order valence-corrected chi connectivity index (χ4v) is 1.49. The third-order valence-corrected chi connectivity index (χ3v) is 2.80. The van der Waals surface area contributed by atoms with Crippen molar-refractivity contribution in [3.8, 4) is 0 Å². The van der Waals surface area contributed by atoms with Crippen LogP contribution in [0, 0.1) is 0 Å². The molecule has 6 heteroatoms. The molecule has 0 fully saturated rings. The van der Waals surface area contributed by atoms with Crippen LogP contribution >= 0.6 is 0 Å². The smallest absolute Gasteiger partial charge is 0.304 e. The van der Waals surface area contributed by atoms with E-state index in [1.54, 1.807) is 7.11 Å². The van der Waals surface area contributed by atoms with E-state index in [1.165, 1.54) is 0 Å². The third kappa shape index (κ3) is 8.03. The summed E-state index contributed by atoms with van der Waals surface area (Å²) in [7, 11) is 1.57. The number of amides is 1. The Labute approximate surface area is 108 Å². The molecule has 0 aliphatic carbocycles. The van der Waals surface area contributed by atoms with Crippen molar-refractivity contribution in [2.75, 3.05) is 33.4 Å². The summed E-state index contributed by atoms with van der Waals surface area (Å²) in [6.45, 7) is 5.58. The topological polar surface area (TPSA) is 78.9 Å². The number of carbonyl (C=O) groups is 2. The number of rotatable bonds is 10. The molecule has 1 unspecified atom stereocenters. The summed E-state index contributed by atoms with van der Waals surface area (Å²) >= 11 is 0. The van der Waals surface area contributed by atoms with E-state index < -0.39 is 5.97 Å². The first-order valence-corrected chi connectivity index (χ1v) is 6.22. The number of aliphatic carboxylic acids is 1. The molecule has 2 N–H and O–H groups in total. The molecule has 0 aliphatic heterocycles. The largest absolute Gasteiger partial charge is 0.481 e. The summed E-state index contributed by atoms with van der Waals surface area (Å²) in [5, 5.41) is 11.4. The lowest BCUT2D eigenvalue weighted by Gasteiger charge is -2.27. The Morgan fingerprint density at radius 1 is 1.44 bits per heavy atom. The van der Waals surface area contributed by atoms with E-state index in [4.69, 9.17) is 9.84 Å². The van der Waals surface area contributed by atoms with E-state index in [0.29, 0.717) is 19.7 Å². The Bertz CT molecular complexity index is 258. The summed E-state index contributed by atoms with van der Waals surface area (Å²) in [5.74, 6) is -0.944. The lowest BCUT2D eigenvalue weighted by Crippen LogP contribution is -2.43. The molecule has 1 amide bonds. The molecule has 106 valence electrons. The molecule has 0 spiro atoms. The minimum Gasteiger partial charge on any atom is -0.481 e. The fourth-order valence-electron chi connectivity index (χ4n) is 1.49. The number of hydrogen-bond donors (Lipinski definition) is 2. The Morgan fingerprint density at radius 2 is 2.11 bits per heavy atom. The number of ether oxygens (including phenoxy) is 1. The average Bonchev–Trinajstić information content (AvgIpc) is 2.33. The maximum atomic E-state index is 11.6. The van der Waals surface area contributed by atoms with Gasteiger partial charge in [0.2, 0.25) is 5.91 Å². The number of carboxylic acids is 1. The minimum absolute atomic E-state index is 0.0513. The van der Waals surface area contributed by atoms with Crippen LogP contribution in [0.5, 0.6) is 0 Å². The van der Waals surface area contributed by atoms with Crippen LogP contribution in [0.2, 0.25) is 0 Å². The summed E-state index contributed by atoms with van der Waals surface area (Å²) in [6, 6.07) is 0.192. The third-order valence-electron chi connectivity index (χ3n) is 2.80. The summed E-state index contributed by atoms with van der Waals surface area (Å²) in [5.41, 5.74) is 0. The Kier molecular flexibility index (Phi) is 9.22. The highest BCUT2D eigenvalue weighted by Crippen LogP contribution is 2.04. The van der Waals surface area contributed by atoms with Crippen LogP contribution in [0.1, 0.15) is 26.7 Å². The fraction of sp³-hybridized carbons (Fsp3) is 0.833. The van der Waals surface area contributed by atoms with Crippen molar-refractivity contribution < 1.29 is 19.4 Å². The number of carboxylic acid groups (broad SMARTS) is 1. The minimum atomic E-state index is -0.844. The van der Waals surface area contributed by atoms with Crippen LogP contribution in [-0.2, 0) is 14.3 Å². The van der Waals surface area contributed by atoms with Crippen molar-refractivity contribution in [3.63, 3.8) is 0 Å². The van der Waals surface area contributed by atoms with Crippen LogP contribution in [0.15, 0.2) is 0 Å². The van der Waals surface area contributed by atoms with Crippen LogP contribution in [0.4, 0.5) is 0 Å². The maximum Gasteiger partial charge on any atom is 0.304 e. The lowest BCUT2D eigenvalue weighted by atomic mass is 10.2. The van der Waals surface area contributed by atoms with Crippen molar-refractivity contribution in [2.45, 2.75) is 32.7 Å². The molecule has 0 heterocycles. The number of hydrogen-bond acceptors (Lipinski definition) is 4. The second kappa shape index (κ2) is 9.85. The predicted octanol–water partition coefficient (Wildman–Crippen LogP) is 0.324. The first kappa shape index (κ1) is 16.9. The number of nitrogens with one attached hydrogen (secondary N) is 1. The highest BCUT2D eigenvalue weighted by molar-refractivity contribution is 5.78. The molecule has 0 aromatic carbocycles. The van der Waals surface area contributed by atoms with Gasteiger partial charge in [0.05, 0.1) is 19.6 Å². The van der Waals surface area contributed by atoms with Gasteiger partial charge in [0.25, 0.3) is 0 Å². The van der Waals surface area contributed by atoms with Crippen LogP contribution < -0.4 is 5.32 Å². The Balaban J connectivity index is 4.13. The van der Waals surface area contributed by atoms with Crippen molar-refractivity contribution in [3.05, 3.63) is 0 Å². The molecular weight excluding hydrogens is 236 g/mol. The predicted molar refractivity (Wildman–Crippen MR) is 68.5 cm³/mol. The first-order chi connectivity index (χ1) is 8.51. The monoisotopic (exact) mass is 260 g/mol. The quantitative estimate of drug-likeness (QED) is 0.553. The second-order valence-electron chi connectivity index (χ2n) is 4.21. The number of nitrogens with zero attached hydrogens (tertiary/aromatic N) is 1. The van der Waals surface area contributed by atoms with E-state index in [2.05, 4.69) is 5.32 Å². The molecule has 0 bridgehead atoms. The second-order valence-corrected chi connectivity index (χ2v) is 4.21. The normalized spacial score (nSPS) is 12.4. The summed E-state index contributed by atoms with van der Waals surface area (Å²) in [6.07, 6.45) is 0.931. The molecule has 0 radical (unpaired) electrons. The highest BCUT2D eigenvalue weighted by atomic mass is 16.5. The standard InChI is InChI=1S/C12H24N2O4/c1-4-10(2)14(7-5-12(16)17)9-11(15)13-6-8-18-3/h10H,4-9H2,1-3H3,(H,13,15)(H,16,17). The Morgan fingerprint density at radius 3 is 2.61 bits per heavy atom. The SMILES string of the molecule is CCC(C)N(CCC(=O)O)CC(=O)NCCOC. The molecule has 0 rings (SSSR count). The van der Waals surface area contributed by atoms with Gasteiger partial charge in [-0.15, -0.1) is 0 Å². The lowest BCUT2D eigenvalue weighted by molar-refractivity contribution is -0.138. The summed E-state index contributed by atoms with van der Waals surface area (Å²) in [4.78, 5) is 24.1. The van der Waals surface area contributed by atoms with Gasteiger partial charge in [-0.3, -0.25) is 14.5 Å². The Hall–Kier alpha value is -1.14. The number of methoxy groups -OCH3 is 1. The van der Waals surface area contributed by atoms with Crippen molar-refractivity contribution >= 4 is 11.9 Å². The maximum absolute atomic E-state index is 11.6. The first-order valence-electron chi connectivity index (χ1n) is 6.22. The van der Waals surface area contributed by atoms with Gasteiger partial charge in [0.15, 0.2) is 0 Å².